The van der Waals surface area contributed by atoms with Gasteiger partial charge in [0, 0.05) is 30.8 Å². The molecule has 1 saturated heterocycles. The van der Waals surface area contributed by atoms with Crippen LogP contribution in [-0.2, 0) is 16.4 Å². The van der Waals surface area contributed by atoms with Crippen molar-refractivity contribution in [1.82, 2.24) is 14.4 Å². The number of nitrogens with zero attached hydrogens (tertiary/aromatic N) is 3. The number of aryl methyl sites for hydroxylation is 1. The smallest absolute Gasteiger partial charge is 0.236 e. The third-order valence-corrected chi connectivity index (χ3v) is 6.77. The Labute approximate surface area is 160 Å². The summed E-state index contributed by atoms with van der Waals surface area (Å²) in [6.07, 6.45) is 6.43. The van der Waals surface area contributed by atoms with Crippen molar-refractivity contribution in [1.29, 1.82) is 0 Å². The van der Waals surface area contributed by atoms with E-state index in [1.165, 1.54) is 5.41 Å². The molecule has 0 unspecified atom stereocenters. The van der Waals surface area contributed by atoms with Gasteiger partial charge in [-0.3, -0.25) is 0 Å². The first-order valence-corrected chi connectivity index (χ1v) is 11.1. The molecule has 1 saturated carbocycles. The summed E-state index contributed by atoms with van der Waals surface area (Å²) in [5, 5.41) is 5.37. The molecule has 0 spiro atoms. The second-order valence-corrected chi connectivity index (χ2v) is 9.47. The molecule has 2 aliphatic rings. The van der Waals surface area contributed by atoms with Crippen molar-refractivity contribution in [2.45, 2.75) is 44.9 Å². The van der Waals surface area contributed by atoms with E-state index in [0.29, 0.717) is 31.3 Å². The van der Waals surface area contributed by atoms with E-state index in [4.69, 9.17) is 4.52 Å². The van der Waals surface area contributed by atoms with Crippen molar-refractivity contribution in [2.24, 2.45) is 5.92 Å². The molecule has 6 nitrogen and oxygen atoms in total. The zero-order chi connectivity index (χ0) is 18.9. The molecule has 0 amide bonds. The van der Waals surface area contributed by atoms with Gasteiger partial charge in [-0.15, -0.1) is 0 Å². The molecule has 2 heterocycles. The Morgan fingerprint density at radius 1 is 1.22 bits per heavy atom. The number of sulfonamides is 1. The van der Waals surface area contributed by atoms with Crippen molar-refractivity contribution in [3.8, 4) is 0 Å². The maximum absolute atomic E-state index is 12.7. The first kappa shape index (κ1) is 18.4. The lowest BCUT2D eigenvalue weighted by molar-refractivity contribution is 0.248. The second kappa shape index (κ2) is 7.56. The van der Waals surface area contributed by atoms with Crippen LogP contribution in [0.5, 0.6) is 0 Å². The highest BCUT2D eigenvalue weighted by Gasteiger charge is 2.31. The molecule has 0 bridgehead atoms. The van der Waals surface area contributed by atoms with Crippen molar-refractivity contribution in [3.63, 3.8) is 0 Å². The van der Waals surface area contributed by atoms with Gasteiger partial charge in [-0.05, 0) is 50.2 Å². The third-order valence-electron chi connectivity index (χ3n) is 5.24. The minimum Gasteiger partial charge on any atom is -0.339 e. The molecule has 1 aliphatic heterocycles. The third kappa shape index (κ3) is 4.65. The van der Waals surface area contributed by atoms with Crippen molar-refractivity contribution < 1.29 is 12.9 Å². The maximum Gasteiger partial charge on any atom is 0.236 e. The molecule has 4 rings (SSSR count). The normalized spacial score (nSPS) is 21.7. The summed E-state index contributed by atoms with van der Waals surface area (Å²) in [5.41, 5.74) is 2.04. The van der Waals surface area contributed by atoms with Gasteiger partial charge in [-0.25, -0.2) is 8.42 Å². The quantitative estimate of drug-likeness (QED) is 0.758. The molecular formula is C20H25N3O3S. The number of aromatic nitrogens is 2. The van der Waals surface area contributed by atoms with Gasteiger partial charge in [-0.2, -0.15) is 9.29 Å². The molecule has 1 aromatic heterocycles. The van der Waals surface area contributed by atoms with Crippen molar-refractivity contribution in [2.75, 3.05) is 13.1 Å². The van der Waals surface area contributed by atoms with Crippen molar-refractivity contribution >= 4 is 16.1 Å². The Balaban J connectivity index is 1.39. The summed E-state index contributed by atoms with van der Waals surface area (Å²) >= 11 is 0. The average molecular weight is 388 g/mol. The van der Waals surface area contributed by atoms with Gasteiger partial charge in [0.25, 0.3) is 0 Å². The van der Waals surface area contributed by atoms with E-state index in [9.17, 15) is 8.42 Å². The van der Waals surface area contributed by atoms with E-state index < -0.39 is 10.0 Å². The fourth-order valence-corrected chi connectivity index (χ4v) is 4.76. The molecule has 1 aliphatic carbocycles. The Kier molecular flexibility index (Phi) is 5.14. The van der Waals surface area contributed by atoms with E-state index in [1.807, 2.05) is 31.2 Å². The monoisotopic (exact) mass is 387 g/mol. The van der Waals surface area contributed by atoms with Crippen LogP contribution in [0.4, 0.5) is 0 Å². The number of benzene rings is 1. The molecule has 144 valence electrons. The molecule has 27 heavy (non-hydrogen) atoms. The van der Waals surface area contributed by atoms with Crippen LogP contribution < -0.4 is 0 Å². The molecular weight excluding hydrogens is 362 g/mol. The standard InChI is InChI=1S/C20H25N3O3S/c1-15-4-6-16(7-5-15)10-12-27(24,25)23-11-2-3-17(14-23)13-19-21-20(22-26-19)18-8-9-18/h4-7,10,12,17-18H,2-3,8-9,11,13-14H2,1H3/b12-10+/t17-/m0/s1. The Hall–Kier alpha value is -1.99. The summed E-state index contributed by atoms with van der Waals surface area (Å²) in [5.74, 6) is 2.13. The van der Waals surface area contributed by atoms with Gasteiger partial charge in [0.05, 0.1) is 0 Å². The van der Waals surface area contributed by atoms with E-state index in [0.717, 1.165) is 42.6 Å². The van der Waals surface area contributed by atoms with Gasteiger partial charge in [0.2, 0.25) is 15.9 Å². The highest BCUT2D eigenvalue weighted by molar-refractivity contribution is 7.92. The van der Waals surface area contributed by atoms with Crippen LogP contribution in [0.25, 0.3) is 6.08 Å². The number of piperidine rings is 1. The first-order chi connectivity index (χ1) is 13.0. The highest BCUT2D eigenvalue weighted by atomic mass is 32.2. The highest BCUT2D eigenvalue weighted by Crippen LogP contribution is 2.38. The lowest BCUT2D eigenvalue weighted by Crippen LogP contribution is -2.39. The fourth-order valence-electron chi connectivity index (χ4n) is 3.46. The molecule has 0 N–H and O–H groups in total. The van der Waals surface area contributed by atoms with Gasteiger partial charge in [0.1, 0.15) is 0 Å². The zero-order valence-corrected chi connectivity index (χ0v) is 16.4. The van der Waals surface area contributed by atoms with Crippen LogP contribution in [0.3, 0.4) is 0 Å². The number of hydrogen-bond acceptors (Lipinski definition) is 5. The minimum absolute atomic E-state index is 0.216. The average Bonchev–Trinajstić information content (AvgIpc) is 3.41. The van der Waals surface area contributed by atoms with Gasteiger partial charge >= 0.3 is 0 Å². The number of rotatable bonds is 6. The Morgan fingerprint density at radius 2 is 2.00 bits per heavy atom. The van der Waals surface area contributed by atoms with Crippen LogP contribution in [0.15, 0.2) is 34.2 Å². The molecule has 7 heteroatoms. The van der Waals surface area contributed by atoms with Gasteiger partial charge in [-0.1, -0.05) is 35.0 Å². The summed E-state index contributed by atoms with van der Waals surface area (Å²) < 4.78 is 32.4. The van der Waals surface area contributed by atoms with Gasteiger partial charge < -0.3 is 4.52 Å². The van der Waals surface area contributed by atoms with E-state index in [-0.39, 0.29) is 5.92 Å². The molecule has 1 atom stereocenters. The summed E-state index contributed by atoms with van der Waals surface area (Å²) in [7, 11) is -3.43. The van der Waals surface area contributed by atoms with E-state index in [1.54, 1.807) is 10.4 Å². The number of hydrogen-bond donors (Lipinski definition) is 0. The van der Waals surface area contributed by atoms with Crippen LogP contribution in [0.2, 0.25) is 0 Å². The Bertz CT molecular complexity index is 914. The topological polar surface area (TPSA) is 76.3 Å². The van der Waals surface area contributed by atoms with Crippen molar-refractivity contribution in [3.05, 3.63) is 52.5 Å². The summed E-state index contributed by atoms with van der Waals surface area (Å²) in [6, 6.07) is 7.80. The first-order valence-electron chi connectivity index (χ1n) is 9.57. The van der Waals surface area contributed by atoms with Crippen LogP contribution in [0, 0.1) is 12.8 Å². The molecule has 1 aromatic carbocycles. The minimum atomic E-state index is -3.43. The molecule has 2 fully saturated rings. The van der Waals surface area contributed by atoms with Crippen LogP contribution in [-0.4, -0.2) is 36.0 Å². The summed E-state index contributed by atoms with van der Waals surface area (Å²) in [6.45, 7) is 3.07. The van der Waals surface area contributed by atoms with E-state index >= 15 is 0 Å². The zero-order valence-electron chi connectivity index (χ0n) is 15.5. The predicted molar refractivity (Wildman–Crippen MR) is 103 cm³/mol. The largest absolute Gasteiger partial charge is 0.339 e. The SMILES string of the molecule is Cc1ccc(/C=C/S(=O)(=O)N2CCC[C@@H](Cc3nc(C4CC4)no3)C2)cc1. The van der Waals surface area contributed by atoms with E-state index in [2.05, 4.69) is 10.1 Å². The maximum atomic E-state index is 12.7. The van der Waals surface area contributed by atoms with Crippen LogP contribution in [0.1, 0.15) is 54.4 Å². The predicted octanol–water partition coefficient (Wildman–Crippen LogP) is 3.51. The van der Waals surface area contributed by atoms with Gasteiger partial charge in [0.15, 0.2) is 5.82 Å². The lowest BCUT2D eigenvalue weighted by atomic mass is 9.96. The van der Waals surface area contributed by atoms with Crippen LogP contribution >= 0.6 is 0 Å². The molecule has 0 radical (unpaired) electrons. The second-order valence-electron chi connectivity index (χ2n) is 7.65. The lowest BCUT2D eigenvalue weighted by Gasteiger charge is -2.30. The fraction of sp³-hybridized carbons (Fsp3) is 0.500. The molecule has 2 aromatic rings. The Morgan fingerprint density at radius 3 is 2.74 bits per heavy atom. The summed E-state index contributed by atoms with van der Waals surface area (Å²) in [4.78, 5) is 4.48.